The van der Waals surface area contributed by atoms with Crippen LogP contribution in [0.15, 0.2) is 63.8 Å². The summed E-state index contributed by atoms with van der Waals surface area (Å²) in [6.45, 7) is -1.15. The number of benzene rings is 3. The number of phenols is 1. The molecule has 2 aliphatic rings. The Balaban J connectivity index is 1.64. The van der Waals surface area contributed by atoms with Gasteiger partial charge in [0.2, 0.25) is 0 Å². The van der Waals surface area contributed by atoms with Crippen LogP contribution < -0.4 is 16.1 Å². The molecule has 2 aromatic carbocycles. The number of rotatable bonds is 9. The fourth-order valence-corrected chi connectivity index (χ4v) is 4.42. The summed E-state index contributed by atoms with van der Waals surface area (Å²) in [5.41, 5.74) is 1.37. The Kier molecular flexibility index (Phi) is 8.64. The molecule has 0 bridgehead atoms. The quantitative estimate of drug-likeness (QED) is 0.100. The number of aromatic hydroxyl groups is 1. The van der Waals surface area contributed by atoms with Crippen LogP contribution in [0.25, 0.3) is 33.4 Å². The number of nitrogens with one attached hydrogen (secondary N) is 2. The van der Waals surface area contributed by atoms with Crippen LogP contribution in [0.3, 0.4) is 0 Å². The van der Waals surface area contributed by atoms with Gasteiger partial charge in [-0.15, -0.1) is 0 Å². The van der Waals surface area contributed by atoms with E-state index in [9.17, 15) is 40.2 Å². The smallest absolute Gasteiger partial charge is 0.336 e. The topological polar surface area (TPSA) is 213 Å². The number of fused-ring (bicyclic) bond motifs is 2. The molecule has 9 N–H and O–H groups in total. The van der Waals surface area contributed by atoms with Gasteiger partial charge < -0.3 is 50.8 Å². The lowest BCUT2D eigenvalue weighted by molar-refractivity contribution is -0.113. The van der Waals surface area contributed by atoms with E-state index in [4.69, 9.17) is 21.7 Å². The van der Waals surface area contributed by atoms with E-state index in [2.05, 4.69) is 10.6 Å². The Bertz CT molecular complexity index is 1590. The van der Waals surface area contributed by atoms with E-state index in [0.29, 0.717) is 22.1 Å². The summed E-state index contributed by atoms with van der Waals surface area (Å²) < 4.78 is 5.82. The third-order valence-corrected chi connectivity index (χ3v) is 6.50. The molecule has 0 saturated heterocycles. The normalized spacial score (nSPS) is 14.4. The highest BCUT2D eigenvalue weighted by atomic mass is 32.1. The summed E-state index contributed by atoms with van der Waals surface area (Å²) >= 11 is 5.19. The fraction of sp³-hybridized carbons (Fsp3) is 0.222. The summed E-state index contributed by atoms with van der Waals surface area (Å²) in [5, 5.41) is 73.9. The van der Waals surface area contributed by atoms with Crippen molar-refractivity contribution in [3.63, 3.8) is 0 Å². The molecule has 0 saturated carbocycles. The van der Waals surface area contributed by atoms with Gasteiger partial charge in [0.05, 0.1) is 18.3 Å². The van der Waals surface area contributed by atoms with Crippen molar-refractivity contribution >= 4 is 40.0 Å². The standard InChI is InChI=1S/C27H26N2O10S/c30-11-20(34)25(36)24(35)19(33)10-28-27(40)29-12-1-4-15(18(7-12)26(37)38)23-16-5-2-13(31)8-21(16)39-22-9-14(32)3-6-17(22)23/h1-9,19-20,24-25,30-31,33-36H,10-11H2,(H,37,38)(H2,28,29,40)/t19-,20-,24-,25-/m1/s1. The minimum Gasteiger partial charge on any atom is -0.508 e. The molecule has 0 unspecified atom stereocenters. The van der Waals surface area contributed by atoms with Crippen molar-refractivity contribution in [2.75, 3.05) is 18.5 Å². The molecular weight excluding hydrogens is 544 g/mol. The number of aliphatic hydroxyl groups excluding tert-OH is 5. The van der Waals surface area contributed by atoms with Crippen molar-refractivity contribution in [3.8, 4) is 28.2 Å². The van der Waals surface area contributed by atoms with E-state index in [1.54, 1.807) is 18.2 Å². The van der Waals surface area contributed by atoms with Gasteiger partial charge in [0, 0.05) is 40.9 Å². The highest BCUT2D eigenvalue weighted by Gasteiger charge is 2.30. The maximum atomic E-state index is 12.3. The van der Waals surface area contributed by atoms with Crippen LogP contribution in [0.1, 0.15) is 10.4 Å². The Morgan fingerprint density at radius 2 is 1.62 bits per heavy atom. The average Bonchev–Trinajstić information content (AvgIpc) is 2.93. The van der Waals surface area contributed by atoms with E-state index in [-0.39, 0.29) is 45.4 Å². The Morgan fingerprint density at radius 1 is 0.925 bits per heavy atom. The maximum Gasteiger partial charge on any atom is 0.336 e. The average molecular weight is 571 g/mol. The van der Waals surface area contributed by atoms with Gasteiger partial charge in [0.1, 0.15) is 35.4 Å². The second kappa shape index (κ2) is 12.0. The van der Waals surface area contributed by atoms with Crippen LogP contribution >= 0.6 is 12.2 Å². The predicted molar refractivity (Wildman–Crippen MR) is 149 cm³/mol. The molecule has 12 nitrogen and oxygen atoms in total. The number of aromatic carboxylic acids is 1. The molecule has 210 valence electrons. The third-order valence-electron chi connectivity index (χ3n) is 6.25. The number of carbonyl (C=O) groups is 1. The van der Waals surface area contributed by atoms with Crippen LogP contribution in [0.5, 0.6) is 5.75 Å². The summed E-state index contributed by atoms with van der Waals surface area (Å²) in [5.74, 6) is -1.12. The van der Waals surface area contributed by atoms with Crippen LogP contribution in [-0.4, -0.2) is 84.4 Å². The van der Waals surface area contributed by atoms with Gasteiger partial charge in [-0.05, 0) is 54.2 Å². The zero-order chi connectivity index (χ0) is 29.1. The number of thiocarbonyl (C=S) groups is 1. The van der Waals surface area contributed by atoms with Crippen molar-refractivity contribution in [1.82, 2.24) is 5.32 Å². The van der Waals surface area contributed by atoms with E-state index in [1.807, 2.05) is 0 Å². The molecule has 0 spiro atoms. The SMILES string of the molecule is O=C(O)c1cc(NC(=S)NC[C@@H](O)[C@@H](O)[C@H](O)[C@H](O)CO)ccc1-c1c2ccc(=O)cc-2oc2cc(O)ccc12. The predicted octanol–water partition coefficient (Wildman–Crippen LogP) is 0.691. The zero-order valence-corrected chi connectivity index (χ0v) is 21.5. The monoisotopic (exact) mass is 570 g/mol. The highest BCUT2D eigenvalue weighted by Crippen LogP contribution is 2.42. The first-order chi connectivity index (χ1) is 19.0. The number of anilines is 1. The van der Waals surface area contributed by atoms with Crippen molar-refractivity contribution in [2.45, 2.75) is 24.4 Å². The van der Waals surface area contributed by atoms with E-state index < -0.39 is 37.0 Å². The minimum absolute atomic E-state index is 0.0413. The third kappa shape index (κ3) is 6.04. The largest absolute Gasteiger partial charge is 0.508 e. The van der Waals surface area contributed by atoms with E-state index >= 15 is 0 Å². The van der Waals surface area contributed by atoms with Crippen molar-refractivity contribution in [1.29, 1.82) is 0 Å². The molecule has 0 radical (unpaired) electrons. The summed E-state index contributed by atoms with van der Waals surface area (Å²) in [4.78, 5) is 24.3. The molecule has 4 atom stereocenters. The lowest BCUT2D eigenvalue weighted by Gasteiger charge is -2.26. The lowest BCUT2D eigenvalue weighted by atomic mass is 9.90. The molecule has 0 amide bonds. The maximum absolute atomic E-state index is 12.3. The van der Waals surface area contributed by atoms with Crippen molar-refractivity contribution in [3.05, 3.63) is 70.4 Å². The molecule has 0 aromatic heterocycles. The number of aliphatic hydroxyl groups is 5. The van der Waals surface area contributed by atoms with Gasteiger partial charge in [0.25, 0.3) is 0 Å². The van der Waals surface area contributed by atoms with Crippen LogP contribution in [0.2, 0.25) is 0 Å². The fourth-order valence-electron chi connectivity index (χ4n) is 4.22. The first-order valence-corrected chi connectivity index (χ1v) is 12.4. The number of carboxylic acid groups (broad SMARTS) is 1. The molecule has 0 fully saturated rings. The molecular formula is C27H26N2O10S. The molecule has 2 aromatic rings. The minimum atomic E-state index is -1.80. The Hall–Kier alpha value is -4.11. The highest BCUT2D eigenvalue weighted by molar-refractivity contribution is 7.80. The van der Waals surface area contributed by atoms with Crippen LogP contribution in [-0.2, 0) is 0 Å². The molecule has 1 aliphatic heterocycles. The lowest BCUT2D eigenvalue weighted by Crippen LogP contribution is -2.50. The molecule has 1 heterocycles. The second-order valence-electron chi connectivity index (χ2n) is 9.01. The van der Waals surface area contributed by atoms with E-state index in [1.165, 1.54) is 36.4 Å². The number of carboxylic acids is 1. The second-order valence-corrected chi connectivity index (χ2v) is 9.42. The van der Waals surface area contributed by atoms with Crippen LogP contribution in [0.4, 0.5) is 5.69 Å². The van der Waals surface area contributed by atoms with E-state index in [0.717, 1.165) is 0 Å². The Morgan fingerprint density at radius 3 is 2.33 bits per heavy atom. The van der Waals surface area contributed by atoms with Gasteiger partial charge in [0.15, 0.2) is 10.5 Å². The molecule has 40 heavy (non-hydrogen) atoms. The molecule has 13 heteroatoms. The summed E-state index contributed by atoms with van der Waals surface area (Å²) in [6.07, 6.45) is -6.79. The summed E-state index contributed by atoms with van der Waals surface area (Å²) in [6, 6.07) is 13.0. The first-order valence-electron chi connectivity index (χ1n) is 12.0. The first kappa shape index (κ1) is 28.9. The van der Waals surface area contributed by atoms with Gasteiger partial charge in [-0.1, -0.05) is 6.07 Å². The Labute approximate surface area is 231 Å². The molecule has 1 aliphatic carbocycles. The van der Waals surface area contributed by atoms with Crippen molar-refractivity contribution < 1.29 is 45.0 Å². The number of hydrogen-bond acceptors (Lipinski definition) is 10. The molecule has 4 rings (SSSR count). The number of hydrogen-bond donors (Lipinski definition) is 9. The van der Waals surface area contributed by atoms with Crippen molar-refractivity contribution in [2.24, 2.45) is 0 Å². The zero-order valence-electron chi connectivity index (χ0n) is 20.7. The van der Waals surface area contributed by atoms with Gasteiger partial charge >= 0.3 is 5.97 Å². The van der Waals surface area contributed by atoms with Gasteiger partial charge in [-0.25, -0.2) is 4.79 Å². The van der Waals surface area contributed by atoms with Gasteiger partial charge in [-0.3, -0.25) is 4.79 Å². The number of phenolic OH excluding ortho intramolecular Hbond substituents is 1. The van der Waals surface area contributed by atoms with Crippen LogP contribution in [0, 0.1) is 0 Å². The summed E-state index contributed by atoms with van der Waals surface area (Å²) in [7, 11) is 0. The van der Waals surface area contributed by atoms with Gasteiger partial charge in [-0.2, -0.15) is 0 Å².